The summed E-state index contributed by atoms with van der Waals surface area (Å²) >= 11 is 0. The van der Waals surface area contributed by atoms with Crippen LogP contribution in [0.3, 0.4) is 0 Å². The zero-order valence-electron chi connectivity index (χ0n) is 14.6. The molecule has 2 rings (SSSR count). The Balaban J connectivity index is -0.00000132. The fraction of sp³-hybridized carbons (Fsp3) is 0. The van der Waals surface area contributed by atoms with Gasteiger partial charge < -0.3 is 39.6 Å². The molecule has 12 heteroatoms. The number of carbonyl (C=O) groups is 4. The smallest absolute Gasteiger partial charge is 0.545 e. The standard InChI is InChI=1S/C14H8O8.4Na/c15-11(16)6-1-5-2-7(12(17)18)4-9(14(21)22)10(5)8(3-6)13(19)20;;;;/h1-4H,(H,15,16)(H,17,18)(H,19,20)(H,21,22);;;;/q;4*+1/p-4. The Kier molecular flexibility index (Phi) is 15.5. The first-order valence-electron chi connectivity index (χ1n) is 5.69. The molecule has 0 aliphatic heterocycles. The maximum atomic E-state index is 11.1. The van der Waals surface area contributed by atoms with Crippen molar-refractivity contribution >= 4 is 34.6 Å². The molecule has 26 heavy (non-hydrogen) atoms. The van der Waals surface area contributed by atoms with Gasteiger partial charge in [0.2, 0.25) is 0 Å². The minimum absolute atomic E-state index is 0. The van der Waals surface area contributed by atoms with E-state index in [9.17, 15) is 39.6 Å². The van der Waals surface area contributed by atoms with Crippen molar-refractivity contribution in [2.45, 2.75) is 0 Å². The maximum Gasteiger partial charge on any atom is 1.00 e. The van der Waals surface area contributed by atoms with Crippen LogP contribution in [-0.2, 0) is 0 Å². The van der Waals surface area contributed by atoms with Gasteiger partial charge >= 0.3 is 118 Å². The summed E-state index contributed by atoms with van der Waals surface area (Å²) in [7, 11) is 0. The molecule has 0 spiro atoms. The van der Waals surface area contributed by atoms with Crippen molar-refractivity contribution in [3.63, 3.8) is 0 Å². The third kappa shape index (κ3) is 6.88. The molecule has 0 bridgehead atoms. The first-order chi connectivity index (χ1) is 10.2. The van der Waals surface area contributed by atoms with Gasteiger partial charge in [-0.2, -0.15) is 0 Å². The zero-order valence-corrected chi connectivity index (χ0v) is 22.6. The van der Waals surface area contributed by atoms with Gasteiger partial charge in [-0.15, -0.1) is 0 Å². The van der Waals surface area contributed by atoms with Gasteiger partial charge in [0, 0.05) is 11.1 Å². The molecular weight excluding hydrogens is 388 g/mol. The molecule has 2 aromatic carbocycles. The molecule has 0 N–H and O–H groups in total. The van der Waals surface area contributed by atoms with Crippen LogP contribution in [0.25, 0.3) is 10.8 Å². The molecule has 0 unspecified atom stereocenters. The van der Waals surface area contributed by atoms with E-state index in [1.54, 1.807) is 0 Å². The number of aromatic carboxylic acids is 4. The second-order valence-corrected chi connectivity index (χ2v) is 4.30. The summed E-state index contributed by atoms with van der Waals surface area (Å²) in [6.45, 7) is 0. The van der Waals surface area contributed by atoms with Crippen molar-refractivity contribution < 1.29 is 158 Å². The fourth-order valence-corrected chi connectivity index (χ4v) is 2.07. The van der Waals surface area contributed by atoms with Gasteiger partial charge in [-0.3, -0.25) is 0 Å². The van der Waals surface area contributed by atoms with Crippen molar-refractivity contribution in [3.8, 4) is 0 Å². The molecule has 8 nitrogen and oxygen atoms in total. The minimum Gasteiger partial charge on any atom is -0.545 e. The Hall–Kier alpha value is 0.580. The second-order valence-electron chi connectivity index (χ2n) is 4.30. The third-order valence-corrected chi connectivity index (χ3v) is 2.96. The normalized spacial score (nSPS) is 8.77. The van der Waals surface area contributed by atoms with Gasteiger partial charge in [-0.25, -0.2) is 0 Å². The van der Waals surface area contributed by atoms with Crippen LogP contribution in [0.5, 0.6) is 0 Å². The number of rotatable bonds is 4. The molecule has 2 aromatic rings. The van der Waals surface area contributed by atoms with Crippen molar-refractivity contribution in [2.24, 2.45) is 0 Å². The number of fused-ring (bicyclic) bond motifs is 1. The molecule has 0 amide bonds. The summed E-state index contributed by atoms with van der Waals surface area (Å²) in [5.74, 6) is -7.12. The zero-order chi connectivity index (χ0) is 16.6. The summed E-state index contributed by atoms with van der Waals surface area (Å²) < 4.78 is 0. The molecule has 0 aliphatic carbocycles. The summed E-state index contributed by atoms with van der Waals surface area (Å²) in [6.07, 6.45) is 0. The summed E-state index contributed by atoms with van der Waals surface area (Å²) in [5.41, 5.74) is -2.63. The SMILES string of the molecule is O=C([O-])c1cc(C(=O)[O-])c2c(C(=O)[O-])cc(C(=O)[O-])cc2c1.[Na+].[Na+].[Na+].[Na+]. The van der Waals surface area contributed by atoms with E-state index in [0.717, 1.165) is 12.1 Å². The predicted molar refractivity (Wildman–Crippen MR) is 61.3 cm³/mol. The van der Waals surface area contributed by atoms with E-state index in [2.05, 4.69) is 0 Å². The van der Waals surface area contributed by atoms with Crippen LogP contribution in [0.2, 0.25) is 0 Å². The Morgan fingerprint density at radius 3 is 1.08 bits per heavy atom. The molecule has 0 atom stereocenters. The molecule has 0 aliphatic rings. The number of carboxylic acid groups (broad SMARTS) is 4. The van der Waals surface area contributed by atoms with Gasteiger partial charge in [0.25, 0.3) is 0 Å². The van der Waals surface area contributed by atoms with Crippen LogP contribution in [0.4, 0.5) is 0 Å². The third-order valence-electron chi connectivity index (χ3n) is 2.96. The Labute approximate surface area is 235 Å². The number of hydrogen-bond acceptors (Lipinski definition) is 8. The van der Waals surface area contributed by atoms with Crippen molar-refractivity contribution in [3.05, 3.63) is 46.5 Å². The molecule has 0 saturated carbocycles. The second kappa shape index (κ2) is 12.9. The van der Waals surface area contributed by atoms with Crippen LogP contribution < -0.4 is 139 Å². The Morgan fingerprint density at radius 1 is 0.538 bits per heavy atom. The summed E-state index contributed by atoms with van der Waals surface area (Å²) in [5, 5.41) is 43.3. The Morgan fingerprint density at radius 2 is 0.846 bits per heavy atom. The number of benzene rings is 2. The van der Waals surface area contributed by atoms with Gasteiger partial charge in [0.05, 0.1) is 23.9 Å². The van der Waals surface area contributed by atoms with Gasteiger partial charge in [0.1, 0.15) is 0 Å². The number of hydrogen-bond donors (Lipinski definition) is 0. The van der Waals surface area contributed by atoms with Gasteiger partial charge in [-0.05, 0) is 46.2 Å². The van der Waals surface area contributed by atoms with Crippen LogP contribution >= 0.6 is 0 Å². The number of carbonyl (C=O) groups excluding carboxylic acids is 4. The first kappa shape index (κ1) is 31.3. The minimum atomic E-state index is -1.84. The van der Waals surface area contributed by atoms with Crippen LogP contribution in [-0.4, -0.2) is 23.9 Å². The monoisotopic (exact) mass is 392 g/mol. The molecule has 0 aromatic heterocycles. The Bertz CT molecular complexity index is 799. The average molecular weight is 392 g/mol. The van der Waals surface area contributed by atoms with E-state index in [0.29, 0.717) is 12.1 Å². The van der Waals surface area contributed by atoms with Crippen LogP contribution in [0.15, 0.2) is 24.3 Å². The van der Waals surface area contributed by atoms with E-state index in [4.69, 9.17) is 0 Å². The molecule has 0 radical (unpaired) electrons. The summed E-state index contributed by atoms with van der Waals surface area (Å²) in [6, 6.07) is 3.10. The van der Waals surface area contributed by atoms with E-state index in [-0.39, 0.29) is 124 Å². The fourth-order valence-electron chi connectivity index (χ4n) is 2.07. The first-order valence-corrected chi connectivity index (χ1v) is 5.69. The van der Waals surface area contributed by atoms with Crippen molar-refractivity contribution in [2.75, 3.05) is 0 Å². The van der Waals surface area contributed by atoms with E-state index in [1.807, 2.05) is 0 Å². The summed E-state index contributed by atoms with van der Waals surface area (Å²) in [4.78, 5) is 44.0. The predicted octanol–water partition coefficient (Wildman–Crippen LogP) is -15.7. The molecule has 112 valence electrons. The van der Waals surface area contributed by atoms with Crippen molar-refractivity contribution in [1.82, 2.24) is 0 Å². The number of carboxylic acids is 4. The molecule has 0 saturated heterocycles. The molecular formula is C14H4Na4O8. The topological polar surface area (TPSA) is 161 Å². The quantitative estimate of drug-likeness (QED) is 0.464. The maximum absolute atomic E-state index is 11.1. The largest absolute Gasteiger partial charge is 1.00 e. The van der Waals surface area contributed by atoms with Crippen LogP contribution in [0.1, 0.15) is 41.4 Å². The van der Waals surface area contributed by atoms with Crippen LogP contribution in [0, 0.1) is 0 Å². The molecule has 0 fully saturated rings. The van der Waals surface area contributed by atoms with E-state index in [1.165, 1.54) is 0 Å². The average Bonchev–Trinajstić information content (AvgIpc) is 2.43. The molecule has 0 heterocycles. The van der Waals surface area contributed by atoms with Gasteiger partial charge in [0.15, 0.2) is 0 Å². The van der Waals surface area contributed by atoms with E-state index < -0.39 is 51.5 Å². The van der Waals surface area contributed by atoms with E-state index >= 15 is 0 Å². The van der Waals surface area contributed by atoms with Gasteiger partial charge in [-0.1, -0.05) is 0 Å². The van der Waals surface area contributed by atoms with Crippen molar-refractivity contribution in [1.29, 1.82) is 0 Å².